The maximum atomic E-state index is 12.1. The number of methoxy groups -OCH3 is 1. The van der Waals surface area contributed by atoms with E-state index in [1.165, 1.54) is 6.92 Å². The average molecular weight is 354 g/mol. The van der Waals surface area contributed by atoms with E-state index in [2.05, 4.69) is 5.32 Å². The first kappa shape index (κ1) is 19.5. The van der Waals surface area contributed by atoms with Gasteiger partial charge >= 0.3 is 0 Å². The maximum absolute atomic E-state index is 12.1. The van der Waals surface area contributed by atoms with E-state index in [1.807, 2.05) is 54.6 Å². The summed E-state index contributed by atoms with van der Waals surface area (Å²) in [5, 5.41) is 2.91. The first-order valence-electron chi connectivity index (χ1n) is 8.78. The Morgan fingerprint density at radius 2 is 1.73 bits per heavy atom. The molecule has 2 rings (SSSR count). The molecule has 0 aliphatic carbocycles. The largest absolute Gasteiger partial charge is 0.496 e. The number of para-hydroxylation sites is 1. The van der Waals surface area contributed by atoms with Crippen molar-refractivity contribution in [1.29, 1.82) is 0 Å². The van der Waals surface area contributed by atoms with Crippen LogP contribution in [0.2, 0.25) is 0 Å². The molecule has 5 heteroatoms. The molecule has 2 aromatic carbocycles. The summed E-state index contributed by atoms with van der Waals surface area (Å²) in [7, 11) is 1.64. The van der Waals surface area contributed by atoms with Crippen LogP contribution in [-0.2, 0) is 22.6 Å². The summed E-state index contributed by atoms with van der Waals surface area (Å²) < 4.78 is 5.31. The summed E-state index contributed by atoms with van der Waals surface area (Å²) in [5.74, 6) is 0.738. The zero-order valence-electron chi connectivity index (χ0n) is 15.4. The van der Waals surface area contributed by atoms with Gasteiger partial charge in [-0.1, -0.05) is 48.5 Å². The molecule has 138 valence electrons. The Kier molecular flexibility index (Phi) is 7.68. The molecule has 0 spiro atoms. The van der Waals surface area contributed by atoms with Crippen LogP contribution in [-0.4, -0.2) is 36.9 Å². The number of rotatable bonds is 9. The number of benzene rings is 2. The molecule has 0 bridgehead atoms. The van der Waals surface area contributed by atoms with Crippen LogP contribution in [0.5, 0.6) is 5.75 Å². The summed E-state index contributed by atoms with van der Waals surface area (Å²) >= 11 is 0. The number of ether oxygens (including phenoxy) is 1. The summed E-state index contributed by atoms with van der Waals surface area (Å²) in [6.07, 6.45) is 0.995. The Morgan fingerprint density at radius 1 is 1.04 bits per heavy atom. The van der Waals surface area contributed by atoms with Gasteiger partial charge in [-0.25, -0.2) is 0 Å². The van der Waals surface area contributed by atoms with E-state index in [0.29, 0.717) is 32.5 Å². The quantitative estimate of drug-likeness (QED) is 0.753. The second kappa shape index (κ2) is 10.2. The minimum Gasteiger partial charge on any atom is -0.496 e. The summed E-state index contributed by atoms with van der Waals surface area (Å²) in [4.78, 5) is 25.6. The number of nitrogens with one attached hydrogen (secondary N) is 1. The number of nitrogens with zero attached hydrogens (tertiary/aromatic N) is 1. The van der Waals surface area contributed by atoms with Crippen molar-refractivity contribution in [3.63, 3.8) is 0 Å². The monoisotopic (exact) mass is 354 g/mol. The molecule has 2 amide bonds. The Balaban J connectivity index is 1.76. The molecule has 0 saturated heterocycles. The minimum atomic E-state index is -0.0563. The molecule has 0 unspecified atom stereocenters. The lowest BCUT2D eigenvalue weighted by molar-refractivity contribution is -0.130. The van der Waals surface area contributed by atoms with Gasteiger partial charge in [-0.2, -0.15) is 0 Å². The lowest BCUT2D eigenvalue weighted by atomic mass is 10.1. The van der Waals surface area contributed by atoms with Crippen molar-refractivity contribution in [2.75, 3.05) is 20.2 Å². The van der Waals surface area contributed by atoms with E-state index in [0.717, 1.165) is 16.9 Å². The molecular formula is C21H26N2O3. The Morgan fingerprint density at radius 3 is 2.42 bits per heavy atom. The van der Waals surface area contributed by atoms with Crippen LogP contribution < -0.4 is 10.1 Å². The number of carbonyl (C=O) groups excluding carboxylic acids is 2. The molecule has 1 N–H and O–H groups in total. The molecular weight excluding hydrogens is 328 g/mol. The average Bonchev–Trinajstić information content (AvgIpc) is 2.66. The molecule has 0 radical (unpaired) electrons. The molecule has 0 aliphatic heterocycles. The third kappa shape index (κ3) is 6.24. The van der Waals surface area contributed by atoms with Crippen LogP contribution in [0.25, 0.3) is 0 Å². The zero-order valence-corrected chi connectivity index (χ0v) is 15.4. The third-order valence-electron chi connectivity index (χ3n) is 4.18. The standard InChI is InChI=1S/C21H26N2O3/c1-17(24)23(16-18-8-4-3-5-9-18)15-13-21(25)22-14-12-19-10-6-7-11-20(19)26-2/h3-11H,12-16H2,1-2H3,(H,22,25). The molecule has 0 aromatic heterocycles. The molecule has 0 aliphatic rings. The van der Waals surface area contributed by atoms with Crippen LogP contribution in [0.1, 0.15) is 24.5 Å². The van der Waals surface area contributed by atoms with Crippen LogP contribution in [0.3, 0.4) is 0 Å². The van der Waals surface area contributed by atoms with E-state index >= 15 is 0 Å². The highest BCUT2D eigenvalue weighted by Gasteiger charge is 2.12. The zero-order chi connectivity index (χ0) is 18.8. The highest BCUT2D eigenvalue weighted by molar-refractivity contribution is 5.78. The van der Waals surface area contributed by atoms with E-state index in [-0.39, 0.29) is 11.8 Å². The third-order valence-corrected chi connectivity index (χ3v) is 4.18. The van der Waals surface area contributed by atoms with Gasteiger partial charge in [-0.3, -0.25) is 9.59 Å². The van der Waals surface area contributed by atoms with Crippen molar-refractivity contribution in [1.82, 2.24) is 10.2 Å². The van der Waals surface area contributed by atoms with Crippen LogP contribution >= 0.6 is 0 Å². The lowest BCUT2D eigenvalue weighted by Crippen LogP contribution is -2.34. The van der Waals surface area contributed by atoms with E-state index < -0.39 is 0 Å². The van der Waals surface area contributed by atoms with Gasteiger partial charge in [0.25, 0.3) is 0 Å². The van der Waals surface area contributed by atoms with Crippen molar-refractivity contribution in [2.45, 2.75) is 26.3 Å². The lowest BCUT2D eigenvalue weighted by Gasteiger charge is -2.21. The van der Waals surface area contributed by atoms with Crippen molar-refractivity contribution in [2.24, 2.45) is 0 Å². The van der Waals surface area contributed by atoms with Gasteiger partial charge in [0, 0.05) is 33.0 Å². The number of amides is 2. The van der Waals surface area contributed by atoms with Gasteiger partial charge in [-0.05, 0) is 23.6 Å². The van der Waals surface area contributed by atoms with Crippen LogP contribution in [0.15, 0.2) is 54.6 Å². The van der Waals surface area contributed by atoms with Crippen molar-refractivity contribution >= 4 is 11.8 Å². The first-order valence-corrected chi connectivity index (χ1v) is 8.78. The number of carbonyl (C=O) groups is 2. The van der Waals surface area contributed by atoms with Gasteiger partial charge in [0.2, 0.25) is 11.8 Å². The maximum Gasteiger partial charge on any atom is 0.221 e. The van der Waals surface area contributed by atoms with Gasteiger partial charge < -0.3 is 15.0 Å². The Bertz CT molecular complexity index is 716. The van der Waals surface area contributed by atoms with Crippen LogP contribution in [0.4, 0.5) is 0 Å². The molecule has 0 fully saturated rings. The summed E-state index contributed by atoms with van der Waals surface area (Å²) in [6, 6.07) is 17.5. The molecule has 0 saturated carbocycles. The SMILES string of the molecule is COc1ccccc1CCNC(=O)CCN(Cc1ccccc1)C(C)=O. The molecule has 2 aromatic rings. The fraction of sp³-hybridized carbons (Fsp3) is 0.333. The molecule has 0 atom stereocenters. The topological polar surface area (TPSA) is 58.6 Å². The van der Waals surface area contributed by atoms with Crippen LogP contribution in [0, 0.1) is 0 Å². The van der Waals surface area contributed by atoms with Crippen molar-refractivity contribution in [3.05, 3.63) is 65.7 Å². The second-order valence-corrected chi connectivity index (χ2v) is 6.09. The minimum absolute atomic E-state index is 0.0318. The predicted molar refractivity (Wildman–Crippen MR) is 102 cm³/mol. The fourth-order valence-electron chi connectivity index (χ4n) is 2.72. The molecule has 0 heterocycles. The van der Waals surface area contributed by atoms with Crippen molar-refractivity contribution in [3.8, 4) is 5.75 Å². The fourth-order valence-corrected chi connectivity index (χ4v) is 2.72. The first-order chi connectivity index (χ1) is 12.6. The van der Waals surface area contributed by atoms with Gasteiger partial charge in [0.1, 0.15) is 5.75 Å². The highest BCUT2D eigenvalue weighted by atomic mass is 16.5. The Hall–Kier alpha value is -2.82. The van der Waals surface area contributed by atoms with Gasteiger partial charge in [-0.15, -0.1) is 0 Å². The second-order valence-electron chi connectivity index (χ2n) is 6.09. The number of hydrogen-bond donors (Lipinski definition) is 1. The summed E-state index contributed by atoms with van der Waals surface area (Å²) in [5.41, 5.74) is 2.11. The molecule has 26 heavy (non-hydrogen) atoms. The molecule has 5 nitrogen and oxygen atoms in total. The predicted octanol–water partition coefficient (Wildman–Crippen LogP) is 2.79. The van der Waals surface area contributed by atoms with Crippen molar-refractivity contribution < 1.29 is 14.3 Å². The smallest absolute Gasteiger partial charge is 0.221 e. The van der Waals surface area contributed by atoms with E-state index in [1.54, 1.807) is 12.0 Å². The summed E-state index contributed by atoms with van der Waals surface area (Å²) in [6.45, 7) is 3.00. The van der Waals surface area contributed by atoms with E-state index in [9.17, 15) is 9.59 Å². The van der Waals surface area contributed by atoms with Gasteiger partial charge in [0.05, 0.1) is 7.11 Å². The number of hydrogen-bond acceptors (Lipinski definition) is 3. The van der Waals surface area contributed by atoms with Gasteiger partial charge in [0.15, 0.2) is 0 Å². The normalized spacial score (nSPS) is 10.2. The van der Waals surface area contributed by atoms with E-state index in [4.69, 9.17) is 4.74 Å². The highest BCUT2D eigenvalue weighted by Crippen LogP contribution is 2.17. The Labute approximate surface area is 155 Å².